The summed E-state index contributed by atoms with van der Waals surface area (Å²) in [4.78, 5) is 13.2. The van der Waals surface area contributed by atoms with Gasteiger partial charge in [-0.1, -0.05) is 56.3 Å². The lowest BCUT2D eigenvalue weighted by molar-refractivity contribution is -0.0907. The Balaban J connectivity index is 1.31. The molecule has 0 bridgehead atoms. The Kier molecular flexibility index (Phi) is 10.5. The number of amides is 1. The molecule has 1 amide bonds. The summed E-state index contributed by atoms with van der Waals surface area (Å²) < 4.78 is 58.4. The van der Waals surface area contributed by atoms with Crippen LogP contribution in [0.5, 0.6) is 0 Å². The lowest BCUT2D eigenvalue weighted by Crippen LogP contribution is -2.51. The van der Waals surface area contributed by atoms with Crippen molar-refractivity contribution in [1.29, 1.82) is 0 Å². The number of ether oxygens (including phenoxy) is 3. The topological polar surface area (TPSA) is 133 Å². The Morgan fingerprint density at radius 3 is 2.30 bits per heavy atom. The third-order valence-electron chi connectivity index (χ3n) is 9.31. The predicted molar refractivity (Wildman–Crippen MR) is 173 cm³/mol. The summed E-state index contributed by atoms with van der Waals surface area (Å²) in [6.07, 6.45) is -1.76. The minimum atomic E-state index is -4.02. The SMILES string of the molecule is CC(C)CN(C[C@@H](O)C(Cc1ccccc1)NC(=O)O[C@H]1CO[C@H]2OCC[C@H]21)S(=O)(=O)c1ccc(B2OC(C)(C)C(C)(C)O2)cc1. The van der Waals surface area contributed by atoms with Crippen molar-refractivity contribution in [3.63, 3.8) is 0 Å². The summed E-state index contributed by atoms with van der Waals surface area (Å²) in [5, 5.41) is 14.4. The Morgan fingerprint density at radius 1 is 1.02 bits per heavy atom. The molecule has 0 spiro atoms. The van der Waals surface area contributed by atoms with E-state index in [2.05, 4.69) is 5.32 Å². The van der Waals surface area contributed by atoms with Crippen LogP contribution in [0.25, 0.3) is 0 Å². The molecule has 46 heavy (non-hydrogen) atoms. The quantitative estimate of drug-likeness (QED) is 0.330. The second-order valence-electron chi connectivity index (χ2n) is 13.8. The fourth-order valence-corrected chi connectivity index (χ4v) is 7.58. The second kappa shape index (κ2) is 13.9. The average Bonchev–Trinajstić information content (AvgIpc) is 3.67. The van der Waals surface area contributed by atoms with E-state index in [0.29, 0.717) is 12.1 Å². The van der Waals surface area contributed by atoms with Crippen LogP contribution < -0.4 is 10.8 Å². The standard InChI is InChI=1S/C33H47BN2O9S/c1-22(2)19-36(46(39,40)25-14-12-24(13-15-25)34-44-32(3,4)33(5,6)45-34)20-28(37)27(18-23-10-8-7-9-11-23)35-31(38)43-29-21-42-30-26(29)16-17-41-30/h7-15,22,26-30,37H,16-21H2,1-6H3,(H,35,38)/t26-,27?,28+,29-,30+/m0/s1. The first-order valence-corrected chi connectivity index (χ1v) is 17.5. The van der Waals surface area contributed by atoms with Crippen LogP contribution in [-0.4, -0.2) is 93.1 Å². The summed E-state index contributed by atoms with van der Waals surface area (Å²) >= 11 is 0. The molecular formula is C33H47BN2O9S. The maximum atomic E-state index is 14.0. The van der Waals surface area contributed by atoms with Crippen LogP contribution in [0.15, 0.2) is 59.5 Å². The Hall–Kier alpha value is -2.52. The summed E-state index contributed by atoms with van der Waals surface area (Å²) in [7, 11) is -4.65. The molecule has 252 valence electrons. The zero-order valence-electron chi connectivity index (χ0n) is 27.5. The number of carbonyl (C=O) groups excluding carboxylic acids is 1. The van der Waals surface area contributed by atoms with Gasteiger partial charge in [-0.05, 0) is 69.6 Å². The number of fused-ring (bicyclic) bond motifs is 1. The van der Waals surface area contributed by atoms with Gasteiger partial charge in [0.15, 0.2) is 6.29 Å². The number of hydrogen-bond donors (Lipinski definition) is 2. The van der Waals surface area contributed by atoms with Gasteiger partial charge in [0, 0.05) is 13.1 Å². The first-order chi connectivity index (χ1) is 21.7. The number of nitrogens with zero attached hydrogens (tertiary/aromatic N) is 1. The fourth-order valence-electron chi connectivity index (χ4n) is 5.96. The van der Waals surface area contributed by atoms with Crippen LogP contribution >= 0.6 is 0 Å². The van der Waals surface area contributed by atoms with Crippen molar-refractivity contribution >= 4 is 28.7 Å². The number of hydrogen-bond acceptors (Lipinski definition) is 9. The molecule has 2 aromatic carbocycles. The highest BCUT2D eigenvalue weighted by Crippen LogP contribution is 2.36. The number of carbonyl (C=O) groups is 1. The van der Waals surface area contributed by atoms with Crippen molar-refractivity contribution < 1.29 is 41.8 Å². The number of sulfonamides is 1. The molecule has 0 radical (unpaired) electrons. The van der Waals surface area contributed by atoms with Crippen LogP contribution in [0.3, 0.4) is 0 Å². The Bertz CT molecular complexity index is 1420. The highest BCUT2D eigenvalue weighted by atomic mass is 32.2. The van der Waals surface area contributed by atoms with E-state index in [1.807, 2.05) is 71.9 Å². The lowest BCUT2D eigenvalue weighted by atomic mass is 9.79. The van der Waals surface area contributed by atoms with Gasteiger partial charge in [-0.25, -0.2) is 13.2 Å². The summed E-state index contributed by atoms with van der Waals surface area (Å²) in [6, 6.07) is 15.0. The van der Waals surface area contributed by atoms with Crippen molar-refractivity contribution in [1.82, 2.24) is 9.62 Å². The molecule has 3 fully saturated rings. The van der Waals surface area contributed by atoms with Gasteiger partial charge in [-0.15, -0.1) is 0 Å². The van der Waals surface area contributed by atoms with Crippen LogP contribution in [-0.2, 0) is 40.0 Å². The molecule has 0 aromatic heterocycles. The highest BCUT2D eigenvalue weighted by molar-refractivity contribution is 7.89. The summed E-state index contributed by atoms with van der Waals surface area (Å²) in [5.74, 6) is -0.0634. The predicted octanol–water partition coefficient (Wildman–Crippen LogP) is 3.09. The van der Waals surface area contributed by atoms with Gasteiger partial charge in [0.25, 0.3) is 0 Å². The van der Waals surface area contributed by atoms with Crippen molar-refractivity contribution in [2.45, 2.75) is 95.0 Å². The molecule has 2 N–H and O–H groups in total. The molecule has 11 nitrogen and oxygen atoms in total. The van der Waals surface area contributed by atoms with E-state index in [9.17, 15) is 18.3 Å². The zero-order valence-corrected chi connectivity index (χ0v) is 28.4. The molecule has 3 aliphatic heterocycles. The highest BCUT2D eigenvalue weighted by Gasteiger charge is 2.51. The molecule has 3 heterocycles. The zero-order chi connectivity index (χ0) is 33.3. The van der Waals surface area contributed by atoms with Gasteiger partial charge < -0.3 is 33.9 Å². The van der Waals surface area contributed by atoms with E-state index >= 15 is 0 Å². The van der Waals surface area contributed by atoms with Crippen molar-refractivity contribution in [2.75, 3.05) is 26.3 Å². The number of nitrogens with one attached hydrogen (secondary N) is 1. The molecule has 3 aliphatic rings. The minimum Gasteiger partial charge on any atom is -0.443 e. The van der Waals surface area contributed by atoms with Crippen molar-refractivity contribution in [3.05, 3.63) is 60.2 Å². The Morgan fingerprint density at radius 2 is 1.67 bits per heavy atom. The number of benzene rings is 2. The first-order valence-electron chi connectivity index (χ1n) is 16.0. The summed E-state index contributed by atoms with van der Waals surface area (Å²) in [5.41, 5.74) is 0.530. The lowest BCUT2D eigenvalue weighted by Gasteiger charge is -2.32. The van der Waals surface area contributed by atoms with Gasteiger partial charge in [-0.2, -0.15) is 4.31 Å². The van der Waals surface area contributed by atoms with Gasteiger partial charge in [0.05, 0.1) is 47.4 Å². The third-order valence-corrected chi connectivity index (χ3v) is 11.2. The largest absolute Gasteiger partial charge is 0.494 e. The van der Waals surface area contributed by atoms with Crippen LogP contribution in [0.1, 0.15) is 53.5 Å². The molecule has 2 aromatic rings. The van der Waals surface area contributed by atoms with E-state index in [-0.39, 0.29) is 49.1 Å². The molecule has 1 unspecified atom stereocenters. The average molecular weight is 659 g/mol. The number of aliphatic hydroxyl groups is 1. The number of aliphatic hydroxyl groups excluding tert-OH is 1. The molecule has 0 saturated carbocycles. The van der Waals surface area contributed by atoms with Crippen LogP contribution in [0.4, 0.5) is 4.79 Å². The third kappa shape index (κ3) is 7.78. The van der Waals surface area contributed by atoms with E-state index < -0.39 is 52.7 Å². The molecule has 3 saturated heterocycles. The van der Waals surface area contributed by atoms with E-state index in [0.717, 1.165) is 12.0 Å². The fraction of sp³-hybridized carbons (Fsp3) is 0.606. The van der Waals surface area contributed by atoms with E-state index in [1.54, 1.807) is 12.1 Å². The van der Waals surface area contributed by atoms with Gasteiger partial charge in [0.1, 0.15) is 6.10 Å². The van der Waals surface area contributed by atoms with Gasteiger partial charge in [-0.3, -0.25) is 0 Å². The van der Waals surface area contributed by atoms with E-state index in [4.69, 9.17) is 23.5 Å². The molecule has 5 rings (SSSR count). The van der Waals surface area contributed by atoms with Crippen LogP contribution in [0.2, 0.25) is 0 Å². The van der Waals surface area contributed by atoms with Crippen molar-refractivity contribution in [2.24, 2.45) is 11.8 Å². The minimum absolute atomic E-state index is 0.0274. The van der Waals surface area contributed by atoms with Crippen molar-refractivity contribution in [3.8, 4) is 0 Å². The maximum Gasteiger partial charge on any atom is 0.494 e. The second-order valence-corrected chi connectivity index (χ2v) is 15.8. The monoisotopic (exact) mass is 658 g/mol. The van der Waals surface area contributed by atoms with Gasteiger partial charge in [0.2, 0.25) is 10.0 Å². The van der Waals surface area contributed by atoms with E-state index in [1.165, 1.54) is 16.4 Å². The van der Waals surface area contributed by atoms with Gasteiger partial charge >= 0.3 is 13.2 Å². The molecule has 13 heteroatoms. The summed E-state index contributed by atoms with van der Waals surface area (Å²) in [6.45, 7) is 12.4. The first kappa shape index (κ1) is 34.8. The normalized spacial score (nSPS) is 25.1. The molecule has 0 aliphatic carbocycles. The molecule has 5 atom stereocenters. The maximum absolute atomic E-state index is 14.0. The Labute approximate surface area is 273 Å². The molecular weight excluding hydrogens is 611 g/mol. The number of alkyl carbamates (subject to hydrolysis) is 1. The number of rotatable bonds is 12. The van der Waals surface area contributed by atoms with Crippen LogP contribution in [0, 0.1) is 11.8 Å². The smallest absolute Gasteiger partial charge is 0.443 e.